The van der Waals surface area contributed by atoms with Crippen molar-refractivity contribution in [2.45, 2.75) is 32.2 Å². The molecule has 1 unspecified atom stereocenters. The van der Waals surface area contributed by atoms with Gasteiger partial charge < -0.3 is 19.5 Å². The van der Waals surface area contributed by atoms with Crippen molar-refractivity contribution in [3.05, 3.63) is 29.8 Å². The molecule has 1 N–H and O–H groups in total. The summed E-state index contributed by atoms with van der Waals surface area (Å²) in [6, 6.07) is 7.32. The van der Waals surface area contributed by atoms with Gasteiger partial charge in [-0.1, -0.05) is 12.1 Å². The Morgan fingerprint density at radius 2 is 2.09 bits per heavy atom. The second-order valence-electron chi connectivity index (χ2n) is 5.49. The van der Waals surface area contributed by atoms with E-state index in [1.807, 2.05) is 31.2 Å². The molecular formula is C17H23NO5. The molecule has 0 saturated carbocycles. The lowest BCUT2D eigenvalue weighted by molar-refractivity contribution is -0.146. The predicted molar refractivity (Wildman–Crippen MR) is 84.5 cm³/mol. The van der Waals surface area contributed by atoms with Gasteiger partial charge >= 0.3 is 5.97 Å². The second-order valence-corrected chi connectivity index (χ2v) is 5.49. The Bertz CT molecular complexity index is 528. The molecule has 1 fully saturated rings. The van der Waals surface area contributed by atoms with Crippen LogP contribution in [-0.2, 0) is 20.7 Å². The molecule has 23 heavy (non-hydrogen) atoms. The van der Waals surface area contributed by atoms with Crippen LogP contribution in [0.3, 0.4) is 0 Å². The molecule has 1 heterocycles. The summed E-state index contributed by atoms with van der Waals surface area (Å²) in [5.74, 6) is -0.115. The number of aliphatic carboxylic acids is 1. The molecule has 1 aliphatic rings. The zero-order chi connectivity index (χ0) is 16.7. The van der Waals surface area contributed by atoms with E-state index >= 15 is 0 Å². The molecule has 0 spiro atoms. The smallest absolute Gasteiger partial charge is 0.305 e. The van der Waals surface area contributed by atoms with Crippen molar-refractivity contribution in [1.29, 1.82) is 0 Å². The van der Waals surface area contributed by atoms with Crippen LogP contribution in [0.1, 0.15) is 25.3 Å². The Morgan fingerprint density at radius 1 is 1.35 bits per heavy atom. The van der Waals surface area contributed by atoms with Crippen LogP contribution in [-0.4, -0.2) is 54.3 Å². The molecule has 1 aromatic carbocycles. The quantitative estimate of drug-likeness (QED) is 0.827. The summed E-state index contributed by atoms with van der Waals surface area (Å²) in [5.41, 5.74) is 1.06. The number of rotatable bonds is 7. The molecule has 0 radical (unpaired) electrons. The summed E-state index contributed by atoms with van der Waals surface area (Å²) < 4.78 is 10.7. The Morgan fingerprint density at radius 3 is 2.74 bits per heavy atom. The van der Waals surface area contributed by atoms with Gasteiger partial charge in [0.15, 0.2) is 0 Å². The van der Waals surface area contributed by atoms with Gasteiger partial charge in [0, 0.05) is 13.0 Å². The van der Waals surface area contributed by atoms with E-state index in [2.05, 4.69) is 0 Å². The highest BCUT2D eigenvalue weighted by Crippen LogP contribution is 2.16. The number of hydrogen-bond donors (Lipinski definition) is 1. The van der Waals surface area contributed by atoms with Gasteiger partial charge in [-0.25, -0.2) is 0 Å². The number of hydrogen-bond acceptors (Lipinski definition) is 4. The molecule has 6 nitrogen and oxygen atoms in total. The number of ether oxygens (including phenoxy) is 2. The molecule has 6 heteroatoms. The van der Waals surface area contributed by atoms with Crippen LogP contribution < -0.4 is 4.74 Å². The van der Waals surface area contributed by atoms with E-state index in [-0.39, 0.29) is 18.4 Å². The first-order chi connectivity index (χ1) is 11.1. The van der Waals surface area contributed by atoms with Gasteiger partial charge in [-0.2, -0.15) is 0 Å². The monoisotopic (exact) mass is 321 g/mol. The number of nitrogens with zero attached hydrogens (tertiary/aromatic N) is 1. The van der Waals surface area contributed by atoms with Gasteiger partial charge in [0.1, 0.15) is 5.75 Å². The maximum absolute atomic E-state index is 12.4. The van der Waals surface area contributed by atoms with Gasteiger partial charge in [0.25, 0.3) is 0 Å². The van der Waals surface area contributed by atoms with Crippen molar-refractivity contribution >= 4 is 11.9 Å². The van der Waals surface area contributed by atoms with E-state index in [4.69, 9.17) is 14.6 Å². The number of amides is 1. The summed E-state index contributed by atoms with van der Waals surface area (Å²) in [7, 11) is 0. The van der Waals surface area contributed by atoms with Gasteiger partial charge in [-0.3, -0.25) is 9.59 Å². The number of carbonyl (C=O) groups excluding carboxylic acids is 1. The number of aryl methyl sites for hydroxylation is 1. The standard InChI is InChI=1S/C17H23NO5/c1-2-23-15-6-3-13(4-7-15)5-8-16(19)18-9-10-22-12-14(18)11-17(20)21/h3-4,6-7,14H,2,5,8-12H2,1H3,(H,20,21). The SMILES string of the molecule is CCOc1ccc(CCC(=O)N2CCOCC2CC(=O)O)cc1. The van der Waals surface area contributed by atoms with Crippen molar-refractivity contribution in [3.63, 3.8) is 0 Å². The van der Waals surface area contributed by atoms with Crippen molar-refractivity contribution < 1.29 is 24.2 Å². The first-order valence-corrected chi connectivity index (χ1v) is 7.91. The maximum atomic E-state index is 12.4. The minimum atomic E-state index is -0.912. The van der Waals surface area contributed by atoms with Crippen molar-refractivity contribution in [3.8, 4) is 5.75 Å². The zero-order valence-electron chi connectivity index (χ0n) is 13.4. The third-order valence-electron chi connectivity index (χ3n) is 3.82. The molecule has 0 aliphatic carbocycles. The van der Waals surface area contributed by atoms with Gasteiger partial charge in [-0.15, -0.1) is 0 Å². The highest BCUT2D eigenvalue weighted by atomic mass is 16.5. The lowest BCUT2D eigenvalue weighted by Gasteiger charge is -2.35. The Hall–Kier alpha value is -2.08. The Kier molecular flexibility index (Phi) is 6.40. The molecule has 2 rings (SSSR count). The number of carboxylic acid groups (broad SMARTS) is 1. The molecule has 1 aliphatic heterocycles. The Labute approximate surface area is 136 Å². The minimum Gasteiger partial charge on any atom is -0.494 e. The molecule has 1 aromatic rings. The first kappa shape index (κ1) is 17.3. The van der Waals surface area contributed by atoms with Gasteiger partial charge in [0.2, 0.25) is 5.91 Å². The fraction of sp³-hybridized carbons (Fsp3) is 0.529. The van der Waals surface area contributed by atoms with Crippen LogP contribution in [0, 0.1) is 0 Å². The van der Waals surface area contributed by atoms with Crippen LogP contribution >= 0.6 is 0 Å². The Balaban J connectivity index is 1.88. The largest absolute Gasteiger partial charge is 0.494 e. The fourth-order valence-corrected chi connectivity index (χ4v) is 2.67. The predicted octanol–water partition coefficient (Wildman–Crippen LogP) is 1.72. The molecular weight excluding hydrogens is 298 g/mol. The van der Waals surface area contributed by atoms with Crippen molar-refractivity contribution in [1.82, 2.24) is 4.90 Å². The number of morpholine rings is 1. The summed E-state index contributed by atoms with van der Waals surface area (Å²) in [6.45, 7) is 3.77. The topological polar surface area (TPSA) is 76.1 Å². The summed E-state index contributed by atoms with van der Waals surface area (Å²) in [6.07, 6.45) is 0.918. The van der Waals surface area contributed by atoms with E-state index in [1.54, 1.807) is 4.90 Å². The van der Waals surface area contributed by atoms with Crippen molar-refractivity contribution in [2.24, 2.45) is 0 Å². The van der Waals surface area contributed by atoms with Crippen LogP contribution in [0.2, 0.25) is 0 Å². The van der Waals surface area contributed by atoms with Crippen LogP contribution in [0.4, 0.5) is 0 Å². The average molecular weight is 321 g/mol. The maximum Gasteiger partial charge on any atom is 0.305 e. The molecule has 1 amide bonds. The van der Waals surface area contributed by atoms with E-state index in [1.165, 1.54) is 0 Å². The van der Waals surface area contributed by atoms with Gasteiger partial charge in [-0.05, 0) is 31.0 Å². The summed E-state index contributed by atoms with van der Waals surface area (Å²) in [4.78, 5) is 24.9. The highest BCUT2D eigenvalue weighted by molar-refractivity contribution is 5.78. The van der Waals surface area contributed by atoms with Crippen LogP contribution in [0.5, 0.6) is 5.75 Å². The van der Waals surface area contributed by atoms with E-state index in [0.717, 1.165) is 11.3 Å². The zero-order valence-corrected chi connectivity index (χ0v) is 13.4. The normalized spacial score (nSPS) is 17.8. The van der Waals surface area contributed by atoms with Crippen LogP contribution in [0.25, 0.3) is 0 Å². The lowest BCUT2D eigenvalue weighted by Crippen LogP contribution is -2.49. The van der Waals surface area contributed by atoms with Crippen LogP contribution in [0.15, 0.2) is 24.3 Å². The van der Waals surface area contributed by atoms with E-state index < -0.39 is 5.97 Å². The van der Waals surface area contributed by atoms with E-state index in [9.17, 15) is 9.59 Å². The fourth-order valence-electron chi connectivity index (χ4n) is 2.67. The molecule has 1 saturated heterocycles. The van der Waals surface area contributed by atoms with Gasteiger partial charge in [0.05, 0.1) is 32.3 Å². The summed E-state index contributed by atoms with van der Waals surface area (Å²) in [5, 5.41) is 8.94. The van der Waals surface area contributed by atoms with Crippen molar-refractivity contribution in [2.75, 3.05) is 26.4 Å². The number of carboxylic acids is 1. The third kappa shape index (κ3) is 5.25. The lowest BCUT2D eigenvalue weighted by atomic mass is 10.1. The molecule has 0 bridgehead atoms. The molecule has 1 atom stereocenters. The number of benzene rings is 1. The van der Waals surface area contributed by atoms with E-state index in [0.29, 0.717) is 39.2 Å². The molecule has 0 aromatic heterocycles. The first-order valence-electron chi connectivity index (χ1n) is 7.91. The second kappa shape index (κ2) is 8.53. The number of carbonyl (C=O) groups is 2. The highest BCUT2D eigenvalue weighted by Gasteiger charge is 2.28. The third-order valence-corrected chi connectivity index (χ3v) is 3.82. The minimum absolute atomic E-state index is 0.0200. The summed E-state index contributed by atoms with van der Waals surface area (Å²) >= 11 is 0. The average Bonchev–Trinajstić information content (AvgIpc) is 2.54. The molecule has 126 valence electrons.